The summed E-state index contributed by atoms with van der Waals surface area (Å²) in [5.41, 5.74) is 10.1. The highest BCUT2D eigenvalue weighted by molar-refractivity contribution is 6.00. The Bertz CT molecular complexity index is 1220. The molecule has 0 atom stereocenters. The van der Waals surface area contributed by atoms with E-state index in [1.54, 1.807) is 14.2 Å². The van der Waals surface area contributed by atoms with Crippen molar-refractivity contribution in [2.75, 3.05) is 37.9 Å². The number of methoxy groups -OCH3 is 2. The number of rotatable bonds is 9. The van der Waals surface area contributed by atoms with Crippen molar-refractivity contribution in [2.24, 2.45) is 0 Å². The van der Waals surface area contributed by atoms with Gasteiger partial charge in [-0.1, -0.05) is 30.3 Å². The molecule has 0 aliphatic carbocycles. The van der Waals surface area contributed by atoms with E-state index in [9.17, 15) is 0 Å². The zero-order chi connectivity index (χ0) is 22.5. The number of hydrogen-bond donors (Lipinski definition) is 1. The van der Waals surface area contributed by atoms with E-state index in [1.807, 2.05) is 42.5 Å². The molecular formula is C25H27N5O2. The van der Waals surface area contributed by atoms with Crippen LogP contribution < -0.4 is 20.1 Å². The van der Waals surface area contributed by atoms with Gasteiger partial charge in [0, 0.05) is 37.1 Å². The lowest BCUT2D eigenvalue weighted by molar-refractivity contribution is 0.355. The molecule has 2 N–H and O–H groups in total. The Morgan fingerprint density at radius 3 is 2.56 bits per heavy atom. The standard InChI is InChI=1S/C25H27N5O2/c1-4-12-29(19-8-6-5-7-9-19)13-14-30-16-20(23-24(26)27-17-28-25(23)30)18-10-11-21(31-2)22(15-18)32-3/h4-11,15-17H,1,12-14H2,2-3H3,(H2,26,27,28). The van der Waals surface area contributed by atoms with Crippen LogP contribution in [0.4, 0.5) is 11.5 Å². The number of ether oxygens (including phenoxy) is 2. The summed E-state index contributed by atoms with van der Waals surface area (Å²) >= 11 is 0. The maximum Gasteiger partial charge on any atom is 0.161 e. The average molecular weight is 430 g/mol. The van der Waals surface area contributed by atoms with Gasteiger partial charge in [-0.25, -0.2) is 9.97 Å². The van der Waals surface area contributed by atoms with Crippen LogP contribution in [-0.2, 0) is 6.54 Å². The largest absolute Gasteiger partial charge is 0.493 e. The van der Waals surface area contributed by atoms with Gasteiger partial charge < -0.3 is 24.7 Å². The highest BCUT2D eigenvalue weighted by Gasteiger charge is 2.17. The number of benzene rings is 2. The SMILES string of the molecule is C=CCN(CCn1cc(-c2ccc(OC)c(OC)c2)c2c(N)ncnc21)c1ccccc1. The molecule has 0 unspecified atom stereocenters. The van der Waals surface area contributed by atoms with Crippen LogP contribution >= 0.6 is 0 Å². The lowest BCUT2D eigenvalue weighted by Crippen LogP contribution is -2.27. The molecule has 164 valence electrons. The average Bonchev–Trinajstić information content (AvgIpc) is 3.21. The van der Waals surface area contributed by atoms with Crippen molar-refractivity contribution < 1.29 is 9.47 Å². The number of hydrogen-bond acceptors (Lipinski definition) is 6. The molecule has 0 aliphatic heterocycles. The molecule has 0 radical (unpaired) electrons. The van der Waals surface area contributed by atoms with Crippen LogP contribution in [0.2, 0.25) is 0 Å². The summed E-state index contributed by atoms with van der Waals surface area (Å²) in [5.74, 6) is 1.78. The Hall–Kier alpha value is -4.00. The van der Waals surface area contributed by atoms with E-state index >= 15 is 0 Å². The first-order valence-corrected chi connectivity index (χ1v) is 10.4. The van der Waals surface area contributed by atoms with E-state index in [1.165, 1.54) is 6.33 Å². The molecule has 0 aliphatic rings. The molecule has 0 saturated carbocycles. The predicted octanol–water partition coefficient (Wildman–Crippen LogP) is 4.39. The van der Waals surface area contributed by atoms with Crippen molar-refractivity contribution in [1.82, 2.24) is 14.5 Å². The minimum Gasteiger partial charge on any atom is -0.493 e. The third kappa shape index (κ3) is 4.09. The highest BCUT2D eigenvalue weighted by Crippen LogP contribution is 2.37. The van der Waals surface area contributed by atoms with Crippen molar-refractivity contribution in [1.29, 1.82) is 0 Å². The number of aromatic nitrogens is 3. The molecule has 0 saturated heterocycles. The normalized spacial score (nSPS) is 10.8. The van der Waals surface area contributed by atoms with Crippen molar-refractivity contribution >= 4 is 22.5 Å². The topological polar surface area (TPSA) is 78.4 Å². The Balaban J connectivity index is 1.72. The molecule has 32 heavy (non-hydrogen) atoms. The molecule has 7 nitrogen and oxygen atoms in total. The molecule has 2 heterocycles. The van der Waals surface area contributed by atoms with Crippen LogP contribution in [0, 0.1) is 0 Å². The van der Waals surface area contributed by atoms with Gasteiger partial charge in [0.05, 0.1) is 19.6 Å². The van der Waals surface area contributed by atoms with Crippen LogP contribution in [0.15, 0.2) is 73.7 Å². The molecule has 4 rings (SSSR count). The van der Waals surface area contributed by atoms with E-state index in [0.717, 1.165) is 47.5 Å². The molecule has 7 heteroatoms. The number of para-hydroxylation sites is 1. The number of fused-ring (bicyclic) bond motifs is 1. The van der Waals surface area contributed by atoms with Gasteiger partial charge in [-0.15, -0.1) is 6.58 Å². The molecule has 0 bridgehead atoms. The van der Waals surface area contributed by atoms with Crippen LogP contribution in [0.25, 0.3) is 22.2 Å². The lowest BCUT2D eigenvalue weighted by atomic mass is 10.1. The van der Waals surface area contributed by atoms with E-state index in [2.05, 4.69) is 44.3 Å². The maximum absolute atomic E-state index is 6.28. The first-order valence-electron chi connectivity index (χ1n) is 10.4. The van der Waals surface area contributed by atoms with E-state index in [0.29, 0.717) is 17.3 Å². The minimum atomic E-state index is 0.449. The summed E-state index contributed by atoms with van der Waals surface area (Å²) < 4.78 is 13.0. The van der Waals surface area contributed by atoms with Crippen molar-refractivity contribution in [3.63, 3.8) is 0 Å². The predicted molar refractivity (Wildman–Crippen MR) is 129 cm³/mol. The van der Waals surface area contributed by atoms with Gasteiger partial charge in [0.25, 0.3) is 0 Å². The summed E-state index contributed by atoms with van der Waals surface area (Å²) in [6, 6.07) is 16.1. The summed E-state index contributed by atoms with van der Waals surface area (Å²) in [7, 11) is 3.25. The second-order valence-corrected chi connectivity index (χ2v) is 7.33. The Morgan fingerprint density at radius 1 is 1.06 bits per heavy atom. The molecule has 0 amide bonds. The van der Waals surface area contributed by atoms with Gasteiger partial charge in [0.2, 0.25) is 0 Å². The second-order valence-electron chi connectivity index (χ2n) is 7.33. The van der Waals surface area contributed by atoms with Gasteiger partial charge in [-0.05, 0) is 29.8 Å². The number of nitrogens with zero attached hydrogens (tertiary/aromatic N) is 4. The fourth-order valence-corrected chi connectivity index (χ4v) is 3.89. The molecule has 2 aromatic carbocycles. The van der Waals surface area contributed by atoms with Crippen LogP contribution in [0.1, 0.15) is 0 Å². The van der Waals surface area contributed by atoms with Crippen LogP contribution in [-0.4, -0.2) is 41.8 Å². The quantitative estimate of drug-likeness (QED) is 0.398. The monoisotopic (exact) mass is 429 g/mol. The fraction of sp³-hybridized carbons (Fsp3) is 0.200. The van der Waals surface area contributed by atoms with Gasteiger partial charge >= 0.3 is 0 Å². The molecular weight excluding hydrogens is 402 g/mol. The maximum atomic E-state index is 6.28. The Morgan fingerprint density at radius 2 is 1.84 bits per heavy atom. The fourth-order valence-electron chi connectivity index (χ4n) is 3.89. The Kier molecular flexibility index (Phi) is 6.26. The van der Waals surface area contributed by atoms with E-state index in [4.69, 9.17) is 15.2 Å². The summed E-state index contributed by atoms with van der Waals surface area (Å²) in [5, 5.41) is 0.828. The van der Waals surface area contributed by atoms with Crippen molar-refractivity contribution in [3.8, 4) is 22.6 Å². The van der Waals surface area contributed by atoms with Gasteiger partial charge in [0.15, 0.2) is 11.5 Å². The number of nitrogen functional groups attached to an aromatic ring is 1. The molecule has 0 fully saturated rings. The molecule has 0 spiro atoms. The summed E-state index contributed by atoms with van der Waals surface area (Å²) in [4.78, 5) is 11.0. The molecule has 4 aromatic rings. The zero-order valence-electron chi connectivity index (χ0n) is 18.4. The van der Waals surface area contributed by atoms with Crippen molar-refractivity contribution in [3.05, 3.63) is 73.7 Å². The van der Waals surface area contributed by atoms with Gasteiger partial charge in [0.1, 0.15) is 17.8 Å². The lowest BCUT2D eigenvalue weighted by Gasteiger charge is -2.23. The van der Waals surface area contributed by atoms with Crippen molar-refractivity contribution in [2.45, 2.75) is 6.54 Å². The van der Waals surface area contributed by atoms with Gasteiger partial charge in [-0.3, -0.25) is 0 Å². The summed E-state index contributed by atoms with van der Waals surface area (Å²) in [6.45, 7) is 6.17. The van der Waals surface area contributed by atoms with E-state index in [-0.39, 0.29) is 0 Å². The van der Waals surface area contributed by atoms with Gasteiger partial charge in [-0.2, -0.15) is 0 Å². The number of nitrogens with two attached hydrogens (primary N) is 1. The zero-order valence-corrected chi connectivity index (χ0v) is 18.4. The molecule has 2 aromatic heterocycles. The minimum absolute atomic E-state index is 0.449. The second kappa shape index (κ2) is 9.43. The highest BCUT2D eigenvalue weighted by atomic mass is 16.5. The smallest absolute Gasteiger partial charge is 0.161 e. The third-order valence-corrected chi connectivity index (χ3v) is 5.46. The number of anilines is 2. The van der Waals surface area contributed by atoms with Crippen LogP contribution in [0.3, 0.4) is 0 Å². The third-order valence-electron chi connectivity index (χ3n) is 5.46. The first kappa shape index (κ1) is 21.2. The first-order chi connectivity index (χ1) is 15.7. The summed E-state index contributed by atoms with van der Waals surface area (Å²) in [6.07, 6.45) is 5.50. The van der Waals surface area contributed by atoms with E-state index < -0.39 is 0 Å². The van der Waals surface area contributed by atoms with Crippen LogP contribution in [0.5, 0.6) is 11.5 Å². The Labute approximate surface area is 187 Å².